The average molecular weight is 273 g/mol. The predicted octanol–water partition coefficient (Wildman–Crippen LogP) is 2.66. The summed E-state index contributed by atoms with van der Waals surface area (Å²) < 4.78 is 12.7. The SMILES string of the molecule is COc1cc(OC)c2c(C)c3n(c(=O)c2c1)CCCC3. The molecule has 0 spiro atoms. The second kappa shape index (κ2) is 4.85. The Hall–Kier alpha value is -1.97. The monoisotopic (exact) mass is 273 g/mol. The Kier molecular flexibility index (Phi) is 3.16. The zero-order valence-corrected chi connectivity index (χ0v) is 12.2. The van der Waals surface area contributed by atoms with E-state index >= 15 is 0 Å². The fraction of sp³-hybridized carbons (Fsp3) is 0.438. The molecular formula is C16H19NO3. The summed E-state index contributed by atoms with van der Waals surface area (Å²) in [5.74, 6) is 1.37. The molecule has 0 saturated carbocycles. The van der Waals surface area contributed by atoms with Gasteiger partial charge in [0, 0.05) is 23.7 Å². The summed E-state index contributed by atoms with van der Waals surface area (Å²) in [5.41, 5.74) is 2.37. The Labute approximate surface area is 117 Å². The number of nitrogens with zero attached hydrogens (tertiary/aromatic N) is 1. The minimum atomic E-state index is 0.0671. The van der Waals surface area contributed by atoms with Crippen LogP contribution in [0.4, 0.5) is 0 Å². The second-order valence-corrected chi connectivity index (χ2v) is 5.24. The van der Waals surface area contributed by atoms with Crippen molar-refractivity contribution in [3.05, 3.63) is 33.7 Å². The van der Waals surface area contributed by atoms with E-state index in [0.29, 0.717) is 16.9 Å². The number of aromatic nitrogens is 1. The molecule has 0 atom stereocenters. The van der Waals surface area contributed by atoms with Crippen LogP contribution < -0.4 is 15.0 Å². The van der Waals surface area contributed by atoms with Crippen LogP contribution in [0.1, 0.15) is 24.1 Å². The first-order valence-corrected chi connectivity index (χ1v) is 6.95. The third-order valence-corrected chi connectivity index (χ3v) is 4.19. The van der Waals surface area contributed by atoms with Gasteiger partial charge in [0.05, 0.1) is 19.6 Å². The standard InChI is InChI=1S/C16H19NO3/c1-10-13-6-4-5-7-17(13)16(18)12-8-11(19-2)9-14(20-3)15(10)12/h8-9H,4-7H2,1-3H3. The number of fused-ring (bicyclic) bond motifs is 2. The number of hydrogen-bond acceptors (Lipinski definition) is 3. The summed E-state index contributed by atoms with van der Waals surface area (Å²) >= 11 is 0. The number of pyridine rings is 1. The van der Waals surface area contributed by atoms with Gasteiger partial charge in [-0.05, 0) is 37.8 Å². The van der Waals surface area contributed by atoms with Crippen molar-refractivity contribution in [3.63, 3.8) is 0 Å². The van der Waals surface area contributed by atoms with E-state index in [4.69, 9.17) is 9.47 Å². The molecule has 0 saturated heterocycles. The van der Waals surface area contributed by atoms with Crippen molar-refractivity contribution in [1.29, 1.82) is 0 Å². The van der Waals surface area contributed by atoms with Crippen LogP contribution in [0.2, 0.25) is 0 Å². The Balaban J connectivity index is 2.46. The van der Waals surface area contributed by atoms with Gasteiger partial charge in [-0.15, -0.1) is 0 Å². The molecule has 3 rings (SSSR count). The number of benzene rings is 1. The molecule has 0 bridgehead atoms. The Morgan fingerprint density at radius 3 is 2.65 bits per heavy atom. The van der Waals surface area contributed by atoms with E-state index < -0.39 is 0 Å². The van der Waals surface area contributed by atoms with Crippen LogP contribution in [-0.2, 0) is 13.0 Å². The van der Waals surface area contributed by atoms with Gasteiger partial charge in [0.15, 0.2) is 0 Å². The van der Waals surface area contributed by atoms with Crippen molar-refractivity contribution >= 4 is 10.8 Å². The van der Waals surface area contributed by atoms with Gasteiger partial charge in [-0.2, -0.15) is 0 Å². The third kappa shape index (κ3) is 1.79. The maximum Gasteiger partial charge on any atom is 0.258 e. The largest absolute Gasteiger partial charge is 0.497 e. The molecule has 1 aliphatic rings. The summed E-state index contributed by atoms with van der Waals surface area (Å²) in [6.45, 7) is 2.89. The quantitative estimate of drug-likeness (QED) is 0.844. The normalized spacial score (nSPS) is 14.2. The van der Waals surface area contributed by atoms with Gasteiger partial charge in [0.2, 0.25) is 0 Å². The zero-order valence-electron chi connectivity index (χ0n) is 12.2. The van der Waals surface area contributed by atoms with Crippen LogP contribution in [0, 0.1) is 6.92 Å². The molecule has 1 aromatic carbocycles. The molecular weight excluding hydrogens is 254 g/mol. The molecule has 106 valence electrons. The Morgan fingerprint density at radius 2 is 1.95 bits per heavy atom. The highest BCUT2D eigenvalue weighted by molar-refractivity contribution is 5.92. The van der Waals surface area contributed by atoms with Gasteiger partial charge >= 0.3 is 0 Å². The highest BCUT2D eigenvalue weighted by Crippen LogP contribution is 2.34. The average Bonchev–Trinajstić information content (AvgIpc) is 2.51. The van der Waals surface area contributed by atoms with E-state index in [9.17, 15) is 4.79 Å². The van der Waals surface area contributed by atoms with Crippen LogP contribution in [0.5, 0.6) is 11.5 Å². The van der Waals surface area contributed by atoms with Crippen molar-refractivity contribution in [1.82, 2.24) is 4.57 Å². The smallest absolute Gasteiger partial charge is 0.258 e. The van der Waals surface area contributed by atoms with Crippen molar-refractivity contribution in [2.24, 2.45) is 0 Å². The number of hydrogen-bond donors (Lipinski definition) is 0. The molecule has 0 amide bonds. The van der Waals surface area contributed by atoms with Gasteiger partial charge in [-0.25, -0.2) is 0 Å². The summed E-state index contributed by atoms with van der Waals surface area (Å²) in [6, 6.07) is 3.66. The van der Waals surface area contributed by atoms with Crippen LogP contribution in [0.15, 0.2) is 16.9 Å². The van der Waals surface area contributed by atoms with Crippen molar-refractivity contribution in [2.75, 3.05) is 14.2 Å². The third-order valence-electron chi connectivity index (χ3n) is 4.19. The lowest BCUT2D eigenvalue weighted by Crippen LogP contribution is -2.28. The van der Waals surface area contributed by atoms with Crippen molar-refractivity contribution in [2.45, 2.75) is 32.7 Å². The second-order valence-electron chi connectivity index (χ2n) is 5.24. The minimum Gasteiger partial charge on any atom is -0.497 e. The Morgan fingerprint density at radius 1 is 1.15 bits per heavy atom. The summed E-state index contributed by atoms with van der Waals surface area (Å²) in [4.78, 5) is 12.7. The van der Waals surface area contributed by atoms with E-state index in [2.05, 4.69) is 6.92 Å². The molecule has 0 N–H and O–H groups in total. The molecule has 0 unspecified atom stereocenters. The van der Waals surface area contributed by atoms with Gasteiger partial charge in [-0.1, -0.05) is 0 Å². The lowest BCUT2D eigenvalue weighted by Gasteiger charge is -2.23. The highest BCUT2D eigenvalue weighted by atomic mass is 16.5. The maximum absolute atomic E-state index is 12.7. The van der Waals surface area contributed by atoms with Gasteiger partial charge in [0.1, 0.15) is 11.5 Å². The summed E-state index contributed by atoms with van der Waals surface area (Å²) in [5, 5.41) is 1.61. The molecule has 2 heterocycles. The van der Waals surface area contributed by atoms with Crippen molar-refractivity contribution < 1.29 is 9.47 Å². The summed E-state index contributed by atoms with van der Waals surface area (Å²) in [7, 11) is 3.23. The predicted molar refractivity (Wildman–Crippen MR) is 79.0 cm³/mol. The fourth-order valence-corrected chi connectivity index (χ4v) is 3.16. The van der Waals surface area contributed by atoms with Crippen molar-refractivity contribution in [3.8, 4) is 11.5 Å². The zero-order chi connectivity index (χ0) is 14.3. The van der Waals surface area contributed by atoms with Crippen LogP contribution in [-0.4, -0.2) is 18.8 Å². The minimum absolute atomic E-state index is 0.0671. The molecule has 1 aromatic heterocycles. The lowest BCUT2D eigenvalue weighted by atomic mass is 9.98. The van der Waals surface area contributed by atoms with Gasteiger partial charge in [0.25, 0.3) is 5.56 Å². The maximum atomic E-state index is 12.7. The van der Waals surface area contributed by atoms with E-state index in [-0.39, 0.29) is 5.56 Å². The van der Waals surface area contributed by atoms with E-state index in [0.717, 1.165) is 42.5 Å². The molecule has 0 fully saturated rings. The number of aryl methyl sites for hydroxylation is 1. The molecule has 0 aliphatic carbocycles. The number of rotatable bonds is 2. The molecule has 4 nitrogen and oxygen atoms in total. The summed E-state index contributed by atoms with van der Waals surface area (Å²) in [6.07, 6.45) is 3.18. The van der Waals surface area contributed by atoms with E-state index in [1.165, 1.54) is 0 Å². The number of ether oxygens (including phenoxy) is 2. The first-order chi connectivity index (χ1) is 9.67. The van der Waals surface area contributed by atoms with Crippen LogP contribution in [0.25, 0.3) is 10.8 Å². The first kappa shape index (κ1) is 13.0. The van der Waals surface area contributed by atoms with Crippen LogP contribution in [0.3, 0.4) is 0 Å². The molecule has 4 heteroatoms. The fourth-order valence-electron chi connectivity index (χ4n) is 3.16. The van der Waals surface area contributed by atoms with Crippen LogP contribution >= 0.6 is 0 Å². The lowest BCUT2D eigenvalue weighted by molar-refractivity contribution is 0.397. The molecule has 1 aliphatic heterocycles. The first-order valence-electron chi connectivity index (χ1n) is 6.95. The van der Waals surface area contributed by atoms with E-state index in [1.807, 2.05) is 16.7 Å². The molecule has 0 radical (unpaired) electrons. The molecule has 20 heavy (non-hydrogen) atoms. The Bertz CT molecular complexity index is 731. The molecule has 2 aromatic rings. The highest BCUT2D eigenvalue weighted by Gasteiger charge is 2.20. The van der Waals surface area contributed by atoms with E-state index in [1.54, 1.807) is 14.2 Å². The number of methoxy groups -OCH3 is 2. The van der Waals surface area contributed by atoms with Gasteiger partial charge < -0.3 is 14.0 Å². The van der Waals surface area contributed by atoms with Gasteiger partial charge in [-0.3, -0.25) is 4.79 Å². The topological polar surface area (TPSA) is 40.5 Å².